The van der Waals surface area contributed by atoms with Gasteiger partial charge < -0.3 is 10.6 Å². The lowest BCUT2D eigenvalue weighted by atomic mass is 10.0. The van der Waals surface area contributed by atoms with Crippen LogP contribution in [0.15, 0.2) is 24.5 Å². The zero-order valence-electron chi connectivity index (χ0n) is 7.56. The van der Waals surface area contributed by atoms with Crippen molar-refractivity contribution in [1.82, 2.24) is 10.3 Å². The third-order valence-electron chi connectivity index (χ3n) is 2.10. The van der Waals surface area contributed by atoms with Crippen LogP contribution in [0.4, 0.5) is 5.69 Å². The lowest BCUT2D eigenvalue weighted by Crippen LogP contribution is -2.48. The maximum Gasteiger partial charge on any atom is 0.230 e. The van der Waals surface area contributed by atoms with Gasteiger partial charge in [0, 0.05) is 31.2 Å². The minimum Gasteiger partial charge on any atom is -0.326 e. The van der Waals surface area contributed by atoms with E-state index in [1.807, 2.05) is 0 Å². The average Bonchev–Trinajstić information content (AvgIpc) is 2.02. The first-order valence-corrected chi connectivity index (χ1v) is 4.28. The predicted molar refractivity (Wildman–Crippen MR) is 56.5 cm³/mol. The number of anilines is 1. The number of nitrogens with one attached hydrogen (secondary N) is 2. The van der Waals surface area contributed by atoms with Crippen molar-refractivity contribution in [2.45, 2.75) is 0 Å². The maximum atomic E-state index is 11.4. The SMILES string of the molecule is Cl.O=C(Nc1ccncc1)C1CNC1. The summed E-state index contributed by atoms with van der Waals surface area (Å²) >= 11 is 0. The van der Waals surface area contributed by atoms with Crippen LogP contribution in [0.1, 0.15) is 0 Å². The minimum absolute atomic E-state index is 0. The van der Waals surface area contributed by atoms with Gasteiger partial charge in [-0.05, 0) is 12.1 Å². The summed E-state index contributed by atoms with van der Waals surface area (Å²) in [6.45, 7) is 1.58. The van der Waals surface area contributed by atoms with Crippen molar-refractivity contribution in [3.05, 3.63) is 24.5 Å². The lowest BCUT2D eigenvalue weighted by molar-refractivity contribution is -0.121. The number of carbonyl (C=O) groups excluding carboxylic acids is 1. The summed E-state index contributed by atoms with van der Waals surface area (Å²) in [7, 11) is 0. The fourth-order valence-electron chi connectivity index (χ4n) is 1.15. The molecule has 1 aromatic rings. The number of hydrogen-bond donors (Lipinski definition) is 2. The highest BCUT2D eigenvalue weighted by Crippen LogP contribution is 2.09. The van der Waals surface area contributed by atoms with E-state index < -0.39 is 0 Å². The van der Waals surface area contributed by atoms with Crippen LogP contribution in [-0.2, 0) is 4.79 Å². The highest BCUT2D eigenvalue weighted by Gasteiger charge is 2.24. The molecule has 1 fully saturated rings. The molecule has 0 unspecified atom stereocenters. The van der Waals surface area contributed by atoms with Crippen molar-refractivity contribution in [3.63, 3.8) is 0 Å². The fraction of sp³-hybridized carbons (Fsp3) is 0.333. The molecule has 1 aliphatic heterocycles. The van der Waals surface area contributed by atoms with Crippen LogP contribution in [-0.4, -0.2) is 24.0 Å². The molecular weight excluding hydrogens is 202 g/mol. The molecule has 76 valence electrons. The fourth-order valence-corrected chi connectivity index (χ4v) is 1.15. The topological polar surface area (TPSA) is 54.0 Å². The van der Waals surface area contributed by atoms with Gasteiger partial charge in [-0.25, -0.2) is 0 Å². The van der Waals surface area contributed by atoms with Crippen LogP contribution in [0.5, 0.6) is 0 Å². The van der Waals surface area contributed by atoms with Gasteiger partial charge in [-0.1, -0.05) is 0 Å². The largest absolute Gasteiger partial charge is 0.326 e. The Balaban J connectivity index is 0.000000980. The Morgan fingerprint density at radius 2 is 2.07 bits per heavy atom. The molecule has 2 heterocycles. The molecule has 2 rings (SSSR count). The molecule has 0 aliphatic carbocycles. The summed E-state index contributed by atoms with van der Waals surface area (Å²) < 4.78 is 0. The Morgan fingerprint density at radius 1 is 1.43 bits per heavy atom. The Kier molecular flexibility index (Phi) is 3.85. The van der Waals surface area contributed by atoms with E-state index in [4.69, 9.17) is 0 Å². The van der Waals surface area contributed by atoms with Gasteiger partial charge >= 0.3 is 0 Å². The van der Waals surface area contributed by atoms with E-state index in [1.54, 1.807) is 24.5 Å². The molecule has 5 heteroatoms. The Hall–Kier alpha value is -1.13. The highest BCUT2D eigenvalue weighted by atomic mass is 35.5. The molecule has 0 atom stereocenters. The predicted octanol–water partition coefficient (Wildman–Crippen LogP) is 0.661. The second-order valence-corrected chi connectivity index (χ2v) is 3.08. The van der Waals surface area contributed by atoms with E-state index in [0.29, 0.717) is 0 Å². The molecule has 0 aromatic carbocycles. The lowest BCUT2D eigenvalue weighted by Gasteiger charge is -2.25. The maximum absolute atomic E-state index is 11.4. The number of aromatic nitrogens is 1. The molecule has 2 N–H and O–H groups in total. The molecule has 1 aromatic heterocycles. The van der Waals surface area contributed by atoms with Gasteiger partial charge in [0.15, 0.2) is 0 Å². The average molecular weight is 214 g/mol. The molecule has 1 saturated heterocycles. The molecule has 0 bridgehead atoms. The number of amides is 1. The first-order valence-electron chi connectivity index (χ1n) is 4.28. The standard InChI is InChI=1S/C9H11N3O.ClH/c13-9(7-5-11-6-7)12-8-1-3-10-4-2-8;/h1-4,7,11H,5-6H2,(H,10,12,13);1H. The van der Waals surface area contributed by atoms with Crippen molar-refractivity contribution in [2.24, 2.45) is 5.92 Å². The zero-order valence-corrected chi connectivity index (χ0v) is 8.38. The minimum atomic E-state index is 0. The molecule has 0 saturated carbocycles. The van der Waals surface area contributed by atoms with Gasteiger partial charge in [0.1, 0.15) is 0 Å². The molecule has 1 amide bonds. The molecule has 1 aliphatic rings. The number of nitrogens with zero attached hydrogens (tertiary/aromatic N) is 1. The third-order valence-corrected chi connectivity index (χ3v) is 2.10. The smallest absolute Gasteiger partial charge is 0.230 e. The summed E-state index contributed by atoms with van der Waals surface area (Å²) in [4.78, 5) is 15.3. The van der Waals surface area contributed by atoms with Crippen LogP contribution >= 0.6 is 12.4 Å². The molecule has 14 heavy (non-hydrogen) atoms. The molecule has 0 spiro atoms. The van der Waals surface area contributed by atoms with Crippen molar-refractivity contribution >= 4 is 24.0 Å². The van der Waals surface area contributed by atoms with Crippen LogP contribution in [0.3, 0.4) is 0 Å². The van der Waals surface area contributed by atoms with Crippen LogP contribution < -0.4 is 10.6 Å². The third kappa shape index (κ3) is 2.43. The summed E-state index contributed by atoms with van der Waals surface area (Å²) in [5.74, 6) is 0.220. The monoisotopic (exact) mass is 213 g/mol. The van der Waals surface area contributed by atoms with E-state index >= 15 is 0 Å². The number of rotatable bonds is 2. The normalized spacial score (nSPS) is 15.1. The van der Waals surface area contributed by atoms with Gasteiger partial charge in [-0.3, -0.25) is 9.78 Å². The van der Waals surface area contributed by atoms with Crippen LogP contribution in [0.25, 0.3) is 0 Å². The van der Waals surface area contributed by atoms with Gasteiger partial charge in [-0.15, -0.1) is 12.4 Å². The van der Waals surface area contributed by atoms with E-state index in [0.717, 1.165) is 18.8 Å². The second kappa shape index (κ2) is 4.93. The van der Waals surface area contributed by atoms with E-state index in [9.17, 15) is 4.79 Å². The van der Waals surface area contributed by atoms with Gasteiger partial charge in [0.05, 0.1) is 5.92 Å². The summed E-state index contributed by atoms with van der Waals surface area (Å²) in [5.41, 5.74) is 0.812. The Labute approximate surface area is 88.5 Å². The number of halogens is 1. The summed E-state index contributed by atoms with van der Waals surface area (Å²) in [5, 5.41) is 5.88. The second-order valence-electron chi connectivity index (χ2n) is 3.08. The van der Waals surface area contributed by atoms with Crippen LogP contribution in [0, 0.1) is 5.92 Å². The van der Waals surface area contributed by atoms with E-state index in [1.165, 1.54) is 0 Å². The number of carbonyl (C=O) groups is 1. The van der Waals surface area contributed by atoms with Crippen molar-refractivity contribution in [3.8, 4) is 0 Å². The highest BCUT2D eigenvalue weighted by molar-refractivity contribution is 5.93. The van der Waals surface area contributed by atoms with Gasteiger partial charge in [-0.2, -0.15) is 0 Å². The van der Waals surface area contributed by atoms with E-state index in [-0.39, 0.29) is 24.2 Å². The van der Waals surface area contributed by atoms with Gasteiger partial charge in [0.25, 0.3) is 0 Å². The van der Waals surface area contributed by atoms with E-state index in [2.05, 4.69) is 15.6 Å². The zero-order chi connectivity index (χ0) is 9.10. The Morgan fingerprint density at radius 3 is 2.57 bits per heavy atom. The molecule has 0 radical (unpaired) electrons. The number of pyridine rings is 1. The number of hydrogen-bond acceptors (Lipinski definition) is 3. The summed E-state index contributed by atoms with van der Waals surface area (Å²) in [6, 6.07) is 3.56. The summed E-state index contributed by atoms with van der Waals surface area (Å²) in [6.07, 6.45) is 3.32. The Bertz CT molecular complexity index is 300. The van der Waals surface area contributed by atoms with Crippen molar-refractivity contribution in [2.75, 3.05) is 18.4 Å². The van der Waals surface area contributed by atoms with Crippen LogP contribution in [0.2, 0.25) is 0 Å². The van der Waals surface area contributed by atoms with Crippen molar-refractivity contribution < 1.29 is 4.79 Å². The quantitative estimate of drug-likeness (QED) is 0.759. The molecular formula is C9H12ClN3O. The van der Waals surface area contributed by atoms with Gasteiger partial charge in [0.2, 0.25) is 5.91 Å². The first kappa shape index (κ1) is 10.9. The first-order chi connectivity index (χ1) is 6.36. The molecule has 4 nitrogen and oxygen atoms in total. The van der Waals surface area contributed by atoms with Crippen molar-refractivity contribution in [1.29, 1.82) is 0 Å².